The van der Waals surface area contributed by atoms with Crippen LogP contribution in [0.1, 0.15) is 11.1 Å². The smallest absolute Gasteiger partial charge is 0.261 e. The highest BCUT2D eigenvalue weighted by Crippen LogP contribution is 2.27. The minimum atomic E-state index is -0.290. The number of hydrogen-bond acceptors (Lipinski definition) is 6. The molecule has 4 N–H and O–H groups in total. The van der Waals surface area contributed by atoms with Gasteiger partial charge in [-0.25, -0.2) is 9.97 Å². The lowest BCUT2D eigenvalue weighted by Crippen LogP contribution is -2.19. The molecule has 0 atom stereocenters. The van der Waals surface area contributed by atoms with Crippen LogP contribution in [0.2, 0.25) is 0 Å². The van der Waals surface area contributed by atoms with Gasteiger partial charge in [0.05, 0.1) is 29.6 Å². The monoisotopic (exact) mass is 517 g/mol. The molecule has 0 bridgehead atoms. The molecule has 2 aromatic carbocycles. The van der Waals surface area contributed by atoms with Gasteiger partial charge in [-0.05, 0) is 42.8 Å². The molecule has 0 saturated heterocycles. The fourth-order valence-corrected chi connectivity index (χ4v) is 4.25. The first-order valence-corrected chi connectivity index (χ1v) is 11.2. The molecule has 0 radical (unpaired) electrons. The molecule has 0 amide bonds. The van der Waals surface area contributed by atoms with E-state index in [1.165, 1.54) is 0 Å². The highest BCUT2D eigenvalue weighted by molar-refractivity contribution is 9.10. The number of aryl methyl sites for hydroxylation is 1. The van der Waals surface area contributed by atoms with E-state index in [0.29, 0.717) is 22.8 Å². The highest BCUT2D eigenvalue weighted by Gasteiger charge is 2.17. The van der Waals surface area contributed by atoms with Crippen LogP contribution < -0.4 is 10.9 Å². The zero-order chi connectivity index (χ0) is 23.7. The molecule has 3 heterocycles. The minimum Gasteiger partial charge on any atom is -0.411 e. The summed E-state index contributed by atoms with van der Waals surface area (Å²) in [5, 5.41) is 16.2. The summed E-state index contributed by atoms with van der Waals surface area (Å²) in [6.45, 7) is 2.18. The number of hydrogen-bond donors (Lipinski definition) is 4. The number of nitrogens with zero attached hydrogens (tertiary/aromatic N) is 4. The summed E-state index contributed by atoms with van der Waals surface area (Å²) in [5.41, 5.74) is 5.31. The standard InChI is InChI=1S/C24H20BrN7O2/c1-14-9-17(32-8-7-26-13-32)11-19-22(14)30-23(29-19)21-18(5-6-27-24(21)33)28-12-20(31-34)15-3-2-4-16(25)10-15/h2-11,13,34H,12H2,1H3,(H,29,30)(H2,27,28,33). The molecule has 0 aliphatic heterocycles. The molecule has 5 aromatic rings. The van der Waals surface area contributed by atoms with Gasteiger partial charge in [-0.1, -0.05) is 33.2 Å². The van der Waals surface area contributed by atoms with E-state index in [1.807, 2.05) is 54.1 Å². The van der Waals surface area contributed by atoms with Crippen molar-refractivity contribution < 1.29 is 5.21 Å². The Bertz CT molecular complexity index is 1570. The first-order chi connectivity index (χ1) is 16.5. The van der Waals surface area contributed by atoms with Crippen LogP contribution in [0.25, 0.3) is 28.1 Å². The molecule has 170 valence electrons. The van der Waals surface area contributed by atoms with Gasteiger partial charge in [-0.2, -0.15) is 0 Å². The largest absolute Gasteiger partial charge is 0.411 e. The Balaban J connectivity index is 1.51. The predicted octanol–water partition coefficient (Wildman–Crippen LogP) is 4.47. The van der Waals surface area contributed by atoms with Gasteiger partial charge in [-0.3, -0.25) is 4.79 Å². The van der Waals surface area contributed by atoms with Crippen LogP contribution in [0.3, 0.4) is 0 Å². The van der Waals surface area contributed by atoms with E-state index in [9.17, 15) is 10.0 Å². The number of aromatic nitrogens is 5. The van der Waals surface area contributed by atoms with Crippen molar-refractivity contribution in [3.05, 3.63) is 93.3 Å². The van der Waals surface area contributed by atoms with E-state index in [-0.39, 0.29) is 12.1 Å². The third kappa shape index (κ3) is 4.11. The van der Waals surface area contributed by atoms with E-state index in [0.717, 1.165) is 32.3 Å². The second kappa shape index (κ2) is 8.99. The number of benzene rings is 2. The number of anilines is 1. The van der Waals surface area contributed by atoms with Crippen LogP contribution in [0.5, 0.6) is 0 Å². The first-order valence-electron chi connectivity index (χ1n) is 10.4. The van der Waals surface area contributed by atoms with Crippen molar-refractivity contribution in [3.8, 4) is 17.1 Å². The fourth-order valence-electron chi connectivity index (χ4n) is 3.85. The molecule has 0 aliphatic carbocycles. The zero-order valence-electron chi connectivity index (χ0n) is 18.1. The van der Waals surface area contributed by atoms with E-state index < -0.39 is 0 Å². The third-order valence-electron chi connectivity index (χ3n) is 5.49. The molecular weight excluding hydrogens is 498 g/mol. The molecule has 5 rings (SSSR count). The van der Waals surface area contributed by atoms with E-state index >= 15 is 0 Å². The normalized spacial score (nSPS) is 11.8. The molecule has 0 unspecified atom stereocenters. The molecule has 10 heteroatoms. The van der Waals surface area contributed by atoms with E-state index in [4.69, 9.17) is 4.98 Å². The molecule has 3 aromatic heterocycles. The second-order valence-electron chi connectivity index (χ2n) is 7.72. The van der Waals surface area contributed by atoms with Crippen molar-refractivity contribution >= 4 is 38.4 Å². The lowest BCUT2D eigenvalue weighted by molar-refractivity contribution is 0.319. The van der Waals surface area contributed by atoms with E-state index in [2.05, 4.69) is 41.4 Å². The summed E-state index contributed by atoms with van der Waals surface area (Å²) in [4.78, 5) is 27.7. The number of H-pyrrole nitrogens is 2. The molecule has 0 saturated carbocycles. The number of aromatic amines is 2. The van der Waals surface area contributed by atoms with Crippen molar-refractivity contribution in [2.24, 2.45) is 5.16 Å². The summed E-state index contributed by atoms with van der Waals surface area (Å²) in [7, 11) is 0. The van der Waals surface area contributed by atoms with Crippen LogP contribution in [0.4, 0.5) is 5.69 Å². The van der Waals surface area contributed by atoms with Gasteiger partial charge in [0.25, 0.3) is 5.56 Å². The topological polar surface area (TPSA) is 124 Å². The lowest BCUT2D eigenvalue weighted by Gasteiger charge is -2.11. The molecule has 9 nitrogen and oxygen atoms in total. The quantitative estimate of drug-likeness (QED) is 0.150. The Morgan fingerprint density at radius 2 is 2.15 bits per heavy atom. The second-order valence-corrected chi connectivity index (χ2v) is 8.64. The number of pyridine rings is 1. The summed E-state index contributed by atoms with van der Waals surface area (Å²) in [6.07, 6.45) is 6.88. The van der Waals surface area contributed by atoms with Crippen molar-refractivity contribution in [1.29, 1.82) is 0 Å². The molecular formula is C24H20BrN7O2. The highest BCUT2D eigenvalue weighted by atomic mass is 79.9. The average Bonchev–Trinajstić information content (AvgIpc) is 3.50. The summed E-state index contributed by atoms with van der Waals surface area (Å²) >= 11 is 3.43. The van der Waals surface area contributed by atoms with Gasteiger partial charge in [-0.15, -0.1) is 0 Å². The maximum atomic E-state index is 12.8. The van der Waals surface area contributed by atoms with Crippen LogP contribution in [-0.2, 0) is 0 Å². The van der Waals surface area contributed by atoms with Crippen LogP contribution in [-0.4, -0.2) is 42.0 Å². The summed E-state index contributed by atoms with van der Waals surface area (Å²) in [6, 6.07) is 13.2. The minimum absolute atomic E-state index is 0.202. The van der Waals surface area contributed by atoms with Gasteiger partial charge in [0, 0.05) is 34.3 Å². The Morgan fingerprint density at radius 3 is 2.91 bits per heavy atom. The van der Waals surface area contributed by atoms with Crippen molar-refractivity contribution in [2.75, 3.05) is 11.9 Å². The summed E-state index contributed by atoms with van der Waals surface area (Å²) < 4.78 is 2.78. The van der Waals surface area contributed by atoms with Crippen LogP contribution >= 0.6 is 15.9 Å². The molecule has 0 aliphatic rings. The van der Waals surface area contributed by atoms with Gasteiger partial charge in [0.2, 0.25) is 0 Å². The number of oxime groups is 1. The molecule has 0 fully saturated rings. The van der Waals surface area contributed by atoms with Crippen molar-refractivity contribution in [3.63, 3.8) is 0 Å². The van der Waals surface area contributed by atoms with Crippen molar-refractivity contribution in [1.82, 2.24) is 24.5 Å². The van der Waals surface area contributed by atoms with Gasteiger partial charge >= 0.3 is 0 Å². The Kier molecular flexibility index (Phi) is 5.72. The van der Waals surface area contributed by atoms with Crippen molar-refractivity contribution in [2.45, 2.75) is 6.92 Å². The molecule has 34 heavy (non-hydrogen) atoms. The lowest BCUT2D eigenvalue weighted by atomic mass is 10.1. The van der Waals surface area contributed by atoms with E-state index in [1.54, 1.807) is 24.8 Å². The Morgan fingerprint density at radius 1 is 1.26 bits per heavy atom. The predicted molar refractivity (Wildman–Crippen MR) is 135 cm³/mol. The maximum Gasteiger partial charge on any atom is 0.261 e. The van der Waals surface area contributed by atoms with Crippen LogP contribution in [0.15, 0.2) is 81.8 Å². The van der Waals surface area contributed by atoms with Crippen LogP contribution in [0, 0.1) is 6.92 Å². The molecule has 0 spiro atoms. The summed E-state index contributed by atoms with van der Waals surface area (Å²) in [5.74, 6) is 0.440. The fraction of sp³-hybridized carbons (Fsp3) is 0.0833. The SMILES string of the molecule is Cc1cc(-n2ccnc2)cc2[nH]c(-c3c(NCC(=NO)c4cccc(Br)c4)cc[nH]c3=O)nc12. The number of fused-ring (bicyclic) bond motifs is 1. The first kappa shape index (κ1) is 21.7. The number of halogens is 1. The average molecular weight is 518 g/mol. The Hall–Kier alpha value is -4.18. The van der Waals surface area contributed by atoms with Gasteiger partial charge in [0.1, 0.15) is 17.1 Å². The number of imidazole rings is 2. The number of rotatable bonds is 6. The number of nitrogens with one attached hydrogen (secondary N) is 3. The Labute approximate surface area is 202 Å². The third-order valence-corrected chi connectivity index (χ3v) is 5.98. The zero-order valence-corrected chi connectivity index (χ0v) is 19.7. The van der Waals surface area contributed by atoms with Gasteiger partial charge < -0.3 is 25.1 Å². The maximum absolute atomic E-state index is 12.8. The van der Waals surface area contributed by atoms with Gasteiger partial charge in [0.15, 0.2) is 0 Å².